The summed E-state index contributed by atoms with van der Waals surface area (Å²) in [5, 5.41) is 1.95. The monoisotopic (exact) mass is 405 g/mol. The Morgan fingerprint density at radius 3 is 2.34 bits per heavy atom. The minimum absolute atomic E-state index is 0.299. The summed E-state index contributed by atoms with van der Waals surface area (Å²) in [7, 11) is 3.45. The Balaban J connectivity index is 1.98. The van der Waals surface area contributed by atoms with Crippen molar-refractivity contribution in [2.75, 3.05) is 23.9 Å². The van der Waals surface area contributed by atoms with Gasteiger partial charge in [0.05, 0.1) is 11.3 Å². The quantitative estimate of drug-likeness (QED) is 0.622. The zero-order chi connectivity index (χ0) is 21.3. The number of rotatable bonds is 3. The van der Waals surface area contributed by atoms with Gasteiger partial charge >= 0.3 is 12.2 Å². The first-order valence-corrected chi connectivity index (χ1v) is 8.16. The number of imide groups is 2. The van der Waals surface area contributed by atoms with E-state index in [1.807, 2.05) is 5.32 Å². The average Bonchev–Trinajstić information content (AvgIpc) is 2.65. The summed E-state index contributed by atoms with van der Waals surface area (Å²) in [6, 6.07) is 2.54. The number of nitrogens with zero attached hydrogens (tertiary/aromatic N) is 4. The summed E-state index contributed by atoms with van der Waals surface area (Å²) in [4.78, 5) is 47.2. The molecular weight excluding hydrogens is 391 g/mol. The molecule has 0 atom stereocenters. The first kappa shape index (κ1) is 20.0. The number of alkyl halides is 3. The number of amides is 4. The SMILES string of the molecule is CN(C)c1ncc(/C=C2\C(=O)NC(=O)N(c3cccc(C(F)(F)F)c3)C2=O)cn1. The fraction of sp³-hybridized carbons (Fsp3) is 0.167. The fourth-order valence-corrected chi connectivity index (χ4v) is 2.52. The van der Waals surface area contributed by atoms with Gasteiger partial charge in [0.1, 0.15) is 5.57 Å². The first-order valence-electron chi connectivity index (χ1n) is 8.16. The van der Waals surface area contributed by atoms with E-state index in [0.29, 0.717) is 22.5 Å². The van der Waals surface area contributed by atoms with Crippen LogP contribution in [0.5, 0.6) is 0 Å². The van der Waals surface area contributed by atoms with E-state index < -0.39 is 35.2 Å². The highest BCUT2D eigenvalue weighted by molar-refractivity contribution is 6.39. The zero-order valence-electron chi connectivity index (χ0n) is 15.2. The van der Waals surface area contributed by atoms with E-state index in [9.17, 15) is 27.6 Å². The molecule has 3 rings (SSSR count). The van der Waals surface area contributed by atoms with Gasteiger partial charge in [0.2, 0.25) is 5.95 Å². The average molecular weight is 405 g/mol. The van der Waals surface area contributed by atoms with Crippen LogP contribution >= 0.6 is 0 Å². The number of benzene rings is 1. The Kier molecular flexibility index (Phi) is 5.06. The normalized spacial score (nSPS) is 16.2. The smallest absolute Gasteiger partial charge is 0.347 e. The van der Waals surface area contributed by atoms with E-state index in [0.717, 1.165) is 24.3 Å². The number of urea groups is 1. The number of anilines is 2. The van der Waals surface area contributed by atoms with Gasteiger partial charge < -0.3 is 4.90 Å². The van der Waals surface area contributed by atoms with Crippen molar-refractivity contribution >= 4 is 35.6 Å². The number of aromatic nitrogens is 2. The molecule has 1 aliphatic heterocycles. The Hall–Kier alpha value is -3.76. The number of nitrogens with one attached hydrogen (secondary N) is 1. The molecule has 0 saturated carbocycles. The van der Waals surface area contributed by atoms with E-state index in [4.69, 9.17) is 0 Å². The minimum atomic E-state index is -4.66. The maximum Gasteiger partial charge on any atom is 0.416 e. The third kappa shape index (κ3) is 4.08. The molecule has 1 aromatic heterocycles. The van der Waals surface area contributed by atoms with Crippen molar-refractivity contribution in [2.45, 2.75) is 6.18 Å². The lowest BCUT2D eigenvalue weighted by Crippen LogP contribution is -2.54. The van der Waals surface area contributed by atoms with Crippen molar-refractivity contribution in [3.8, 4) is 0 Å². The molecule has 2 aromatic rings. The Bertz CT molecular complexity index is 1020. The molecule has 150 valence electrons. The Morgan fingerprint density at radius 2 is 1.76 bits per heavy atom. The maximum atomic E-state index is 13.0. The molecule has 4 amide bonds. The predicted octanol–water partition coefficient (Wildman–Crippen LogP) is 2.23. The van der Waals surface area contributed by atoms with Gasteiger partial charge in [-0.2, -0.15) is 13.2 Å². The van der Waals surface area contributed by atoms with Crippen LogP contribution in [0.1, 0.15) is 11.1 Å². The molecule has 2 heterocycles. The Labute approximate surface area is 162 Å². The second-order valence-electron chi connectivity index (χ2n) is 6.22. The highest BCUT2D eigenvalue weighted by atomic mass is 19.4. The van der Waals surface area contributed by atoms with Crippen LogP contribution in [-0.2, 0) is 15.8 Å². The van der Waals surface area contributed by atoms with Crippen LogP contribution in [0.25, 0.3) is 6.08 Å². The number of hydrogen-bond acceptors (Lipinski definition) is 6. The molecule has 0 spiro atoms. The minimum Gasteiger partial charge on any atom is -0.347 e. The molecule has 29 heavy (non-hydrogen) atoms. The number of hydrogen-bond donors (Lipinski definition) is 1. The largest absolute Gasteiger partial charge is 0.416 e. The Morgan fingerprint density at radius 1 is 1.10 bits per heavy atom. The van der Waals surface area contributed by atoms with Gasteiger partial charge in [-0.25, -0.2) is 19.7 Å². The molecular formula is C18H14F3N5O3. The van der Waals surface area contributed by atoms with Gasteiger partial charge in [-0.15, -0.1) is 0 Å². The highest BCUT2D eigenvalue weighted by Crippen LogP contribution is 2.32. The van der Waals surface area contributed by atoms with E-state index in [2.05, 4.69) is 9.97 Å². The summed E-state index contributed by atoms with van der Waals surface area (Å²) in [6.07, 6.45) is -0.780. The first-order chi connectivity index (χ1) is 13.6. The topological polar surface area (TPSA) is 95.5 Å². The van der Waals surface area contributed by atoms with Crippen LogP contribution in [0.3, 0.4) is 0 Å². The van der Waals surface area contributed by atoms with Gasteiger partial charge in [0, 0.05) is 32.1 Å². The van der Waals surface area contributed by atoms with Gasteiger partial charge in [0.15, 0.2) is 0 Å². The van der Waals surface area contributed by atoms with Crippen LogP contribution < -0.4 is 15.1 Å². The van der Waals surface area contributed by atoms with Crippen molar-refractivity contribution in [3.63, 3.8) is 0 Å². The number of carbonyl (C=O) groups excluding carboxylic acids is 3. The molecule has 1 fully saturated rings. The summed E-state index contributed by atoms with van der Waals surface area (Å²) >= 11 is 0. The van der Waals surface area contributed by atoms with Gasteiger partial charge in [-0.3, -0.25) is 14.9 Å². The number of halogens is 3. The number of carbonyl (C=O) groups is 3. The lowest BCUT2D eigenvalue weighted by molar-refractivity contribution is -0.137. The van der Waals surface area contributed by atoms with Crippen molar-refractivity contribution in [3.05, 3.63) is 53.4 Å². The van der Waals surface area contributed by atoms with Crippen molar-refractivity contribution in [1.82, 2.24) is 15.3 Å². The molecule has 0 bridgehead atoms. The van der Waals surface area contributed by atoms with E-state index in [-0.39, 0.29) is 5.69 Å². The van der Waals surface area contributed by atoms with E-state index >= 15 is 0 Å². The molecule has 8 nitrogen and oxygen atoms in total. The second-order valence-corrected chi connectivity index (χ2v) is 6.22. The van der Waals surface area contributed by atoms with Crippen molar-refractivity contribution in [2.24, 2.45) is 0 Å². The third-order valence-corrected chi connectivity index (χ3v) is 3.90. The summed E-state index contributed by atoms with van der Waals surface area (Å²) in [6.45, 7) is 0. The zero-order valence-corrected chi connectivity index (χ0v) is 15.2. The lowest BCUT2D eigenvalue weighted by Gasteiger charge is -2.26. The van der Waals surface area contributed by atoms with Gasteiger partial charge in [-0.05, 0) is 24.3 Å². The standard InChI is InChI=1S/C18H14F3N5O3/c1-25(2)16-22-8-10(9-23-16)6-13-14(27)24-17(29)26(15(13)28)12-5-3-4-11(7-12)18(19,20)21/h3-9H,1-2H3,(H,24,27,29)/b13-6+. The number of barbiturate groups is 1. The predicted molar refractivity (Wildman–Crippen MR) is 96.8 cm³/mol. The van der Waals surface area contributed by atoms with Crippen LogP contribution in [0.2, 0.25) is 0 Å². The molecule has 1 aliphatic rings. The van der Waals surface area contributed by atoms with Crippen molar-refractivity contribution < 1.29 is 27.6 Å². The molecule has 0 radical (unpaired) electrons. The highest BCUT2D eigenvalue weighted by Gasteiger charge is 2.38. The van der Waals surface area contributed by atoms with E-state index in [1.165, 1.54) is 12.4 Å². The summed E-state index contributed by atoms with van der Waals surface area (Å²) < 4.78 is 38.9. The van der Waals surface area contributed by atoms with Gasteiger partial charge in [0.25, 0.3) is 11.8 Å². The molecule has 0 aliphatic carbocycles. The molecule has 1 aromatic carbocycles. The molecule has 0 unspecified atom stereocenters. The van der Waals surface area contributed by atoms with Crippen LogP contribution in [0, 0.1) is 0 Å². The van der Waals surface area contributed by atoms with Gasteiger partial charge in [-0.1, -0.05) is 6.07 Å². The summed E-state index contributed by atoms with van der Waals surface area (Å²) in [5.41, 5.74) is -1.50. The molecule has 1 saturated heterocycles. The molecule has 11 heteroatoms. The van der Waals surface area contributed by atoms with Crippen LogP contribution in [0.4, 0.5) is 29.6 Å². The van der Waals surface area contributed by atoms with E-state index in [1.54, 1.807) is 19.0 Å². The molecule has 1 N–H and O–H groups in total. The van der Waals surface area contributed by atoms with Crippen LogP contribution in [0.15, 0.2) is 42.2 Å². The third-order valence-electron chi connectivity index (χ3n) is 3.90. The van der Waals surface area contributed by atoms with Crippen molar-refractivity contribution in [1.29, 1.82) is 0 Å². The lowest BCUT2D eigenvalue weighted by atomic mass is 10.1. The fourth-order valence-electron chi connectivity index (χ4n) is 2.52. The van der Waals surface area contributed by atoms with Crippen LogP contribution in [-0.4, -0.2) is 41.9 Å². The summed E-state index contributed by atoms with van der Waals surface area (Å²) in [5.74, 6) is -1.64. The maximum absolute atomic E-state index is 13.0. The second kappa shape index (κ2) is 7.34.